The number of hydrogen-bond donors (Lipinski definition) is 3. The highest BCUT2D eigenvalue weighted by molar-refractivity contribution is 6.00. The van der Waals surface area contributed by atoms with E-state index in [-0.39, 0.29) is 6.03 Å². The van der Waals surface area contributed by atoms with E-state index in [1.807, 2.05) is 24.3 Å². The van der Waals surface area contributed by atoms with Gasteiger partial charge in [-0.2, -0.15) is 5.10 Å². The van der Waals surface area contributed by atoms with Crippen LogP contribution in [0.3, 0.4) is 0 Å². The van der Waals surface area contributed by atoms with Crippen LogP contribution in [0.4, 0.5) is 10.6 Å². The molecular weight excluding hydrogens is 300 g/mol. The minimum absolute atomic E-state index is 0.236. The summed E-state index contributed by atoms with van der Waals surface area (Å²) in [6, 6.07) is 14.2. The molecular formula is C19H22N4O. The monoisotopic (exact) mass is 322 g/mol. The van der Waals surface area contributed by atoms with Gasteiger partial charge in [0.05, 0.1) is 5.52 Å². The number of carbonyl (C=O) groups is 1. The van der Waals surface area contributed by atoms with Crippen LogP contribution in [0.5, 0.6) is 0 Å². The van der Waals surface area contributed by atoms with Gasteiger partial charge in [0.15, 0.2) is 5.82 Å². The second-order valence-corrected chi connectivity index (χ2v) is 6.43. The number of aryl methyl sites for hydroxylation is 1. The number of amides is 2. The molecule has 3 N–H and O–H groups in total. The number of nitrogens with one attached hydrogen (secondary N) is 3. The van der Waals surface area contributed by atoms with E-state index in [2.05, 4.69) is 59.8 Å². The van der Waals surface area contributed by atoms with Gasteiger partial charge in [-0.3, -0.25) is 10.4 Å². The molecule has 3 rings (SSSR count). The molecule has 0 unspecified atom stereocenters. The maximum absolute atomic E-state index is 11.9. The highest BCUT2D eigenvalue weighted by Crippen LogP contribution is 2.27. The summed E-state index contributed by atoms with van der Waals surface area (Å²) in [5.74, 6) is 0.950. The summed E-state index contributed by atoms with van der Waals surface area (Å²) >= 11 is 0. The minimum atomic E-state index is -0.236. The number of rotatable bonds is 4. The van der Waals surface area contributed by atoms with Gasteiger partial charge >= 0.3 is 6.03 Å². The first-order valence-corrected chi connectivity index (χ1v) is 8.13. The molecule has 2 amide bonds. The van der Waals surface area contributed by atoms with Crippen molar-refractivity contribution in [2.24, 2.45) is 5.92 Å². The lowest BCUT2D eigenvalue weighted by molar-refractivity contribution is 0.251. The van der Waals surface area contributed by atoms with Crippen LogP contribution in [0.2, 0.25) is 0 Å². The third-order valence-electron chi connectivity index (χ3n) is 3.82. The molecule has 0 aliphatic carbocycles. The third-order valence-corrected chi connectivity index (χ3v) is 3.82. The van der Waals surface area contributed by atoms with Crippen molar-refractivity contribution in [3.63, 3.8) is 0 Å². The van der Waals surface area contributed by atoms with Crippen LogP contribution >= 0.6 is 0 Å². The summed E-state index contributed by atoms with van der Waals surface area (Å²) < 4.78 is 0. The van der Waals surface area contributed by atoms with Gasteiger partial charge in [0.25, 0.3) is 0 Å². The molecule has 2 aromatic carbocycles. The lowest BCUT2D eigenvalue weighted by Crippen LogP contribution is -2.31. The predicted octanol–water partition coefficient (Wildman–Crippen LogP) is 4.32. The van der Waals surface area contributed by atoms with Gasteiger partial charge in [0.2, 0.25) is 0 Å². The van der Waals surface area contributed by atoms with E-state index in [0.717, 1.165) is 22.0 Å². The molecule has 124 valence electrons. The first-order chi connectivity index (χ1) is 11.5. The van der Waals surface area contributed by atoms with E-state index in [4.69, 9.17) is 0 Å². The Balaban J connectivity index is 1.82. The van der Waals surface area contributed by atoms with Gasteiger partial charge in [-0.25, -0.2) is 4.79 Å². The molecule has 5 nitrogen and oxygen atoms in total. The molecule has 0 fully saturated rings. The van der Waals surface area contributed by atoms with Gasteiger partial charge in [-0.1, -0.05) is 49.7 Å². The van der Waals surface area contributed by atoms with Gasteiger partial charge in [-0.15, -0.1) is 0 Å². The maximum Gasteiger partial charge on any atom is 0.320 e. The number of urea groups is 1. The summed E-state index contributed by atoms with van der Waals surface area (Å²) in [5, 5.41) is 13.7. The van der Waals surface area contributed by atoms with Crippen molar-refractivity contribution >= 4 is 22.8 Å². The second-order valence-electron chi connectivity index (χ2n) is 6.43. The number of anilines is 1. The predicted molar refractivity (Wildman–Crippen MR) is 98.1 cm³/mol. The molecule has 0 aliphatic heterocycles. The Labute approximate surface area is 141 Å². The lowest BCUT2D eigenvalue weighted by atomic mass is 10.0. The second kappa shape index (κ2) is 6.74. The van der Waals surface area contributed by atoms with Crippen LogP contribution in [0.1, 0.15) is 19.4 Å². The molecule has 0 saturated carbocycles. The molecule has 0 spiro atoms. The van der Waals surface area contributed by atoms with Crippen LogP contribution < -0.4 is 10.6 Å². The Morgan fingerprint density at radius 3 is 2.71 bits per heavy atom. The summed E-state index contributed by atoms with van der Waals surface area (Å²) in [7, 11) is 0. The Morgan fingerprint density at radius 1 is 1.17 bits per heavy atom. The number of aromatic nitrogens is 2. The Kier molecular flexibility index (Phi) is 4.51. The van der Waals surface area contributed by atoms with Crippen molar-refractivity contribution in [3.8, 4) is 11.1 Å². The number of carbonyl (C=O) groups excluding carboxylic acids is 1. The Bertz CT molecular complexity index is 867. The number of aromatic amines is 1. The largest absolute Gasteiger partial charge is 0.338 e. The first kappa shape index (κ1) is 16.1. The van der Waals surface area contributed by atoms with Crippen LogP contribution in [0.15, 0.2) is 42.5 Å². The third kappa shape index (κ3) is 3.56. The van der Waals surface area contributed by atoms with E-state index in [9.17, 15) is 4.79 Å². The van der Waals surface area contributed by atoms with Gasteiger partial charge < -0.3 is 5.32 Å². The molecule has 3 aromatic rings. The van der Waals surface area contributed by atoms with E-state index in [1.54, 1.807) is 0 Å². The maximum atomic E-state index is 11.9. The number of H-pyrrole nitrogens is 1. The Morgan fingerprint density at radius 2 is 1.96 bits per heavy atom. The fourth-order valence-electron chi connectivity index (χ4n) is 2.57. The zero-order valence-corrected chi connectivity index (χ0v) is 14.2. The summed E-state index contributed by atoms with van der Waals surface area (Å²) in [6.45, 7) is 6.82. The average Bonchev–Trinajstić information content (AvgIpc) is 2.95. The number of hydrogen-bond acceptors (Lipinski definition) is 2. The zero-order chi connectivity index (χ0) is 17.1. The highest BCUT2D eigenvalue weighted by atomic mass is 16.2. The fourth-order valence-corrected chi connectivity index (χ4v) is 2.57. The number of nitrogens with zero attached hydrogens (tertiary/aromatic N) is 1. The van der Waals surface area contributed by atoms with E-state index < -0.39 is 0 Å². The van der Waals surface area contributed by atoms with Crippen molar-refractivity contribution < 1.29 is 4.79 Å². The van der Waals surface area contributed by atoms with Gasteiger partial charge in [0.1, 0.15) is 0 Å². The SMILES string of the molecule is Cc1cccc(-c2ccc3c(NC(=O)NCC(C)C)n[nH]c3c2)c1. The minimum Gasteiger partial charge on any atom is -0.338 e. The topological polar surface area (TPSA) is 69.8 Å². The van der Waals surface area contributed by atoms with Crippen molar-refractivity contribution in [2.45, 2.75) is 20.8 Å². The lowest BCUT2D eigenvalue weighted by Gasteiger charge is -2.08. The quantitative estimate of drug-likeness (QED) is 0.669. The molecule has 5 heteroatoms. The van der Waals surface area contributed by atoms with Gasteiger partial charge in [-0.05, 0) is 36.1 Å². The summed E-state index contributed by atoms with van der Waals surface area (Å²) in [4.78, 5) is 11.9. The van der Waals surface area contributed by atoms with Crippen LogP contribution in [-0.4, -0.2) is 22.8 Å². The smallest absolute Gasteiger partial charge is 0.320 e. The molecule has 0 saturated heterocycles. The van der Waals surface area contributed by atoms with E-state index in [0.29, 0.717) is 18.3 Å². The van der Waals surface area contributed by atoms with Crippen LogP contribution in [-0.2, 0) is 0 Å². The van der Waals surface area contributed by atoms with Crippen molar-refractivity contribution in [1.82, 2.24) is 15.5 Å². The van der Waals surface area contributed by atoms with Crippen molar-refractivity contribution in [1.29, 1.82) is 0 Å². The van der Waals surface area contributed by atoms with Gasteiger partial charge in [0, 0.05) is 11.9 Å². The average molecular weight is 322 g/mol. The van der Waals surface area contributed by atoms with Crippen LogP contribution in [0, 0.1) is 12.8 Å². The van der Waals surface area contributed by atoms with Crippen molar-refractivity contribution in [3.05, 3.63) is 48.0 Å². The molecule has 1 aromatic heterocycles. The number of benzene rings is 2. The molecule has 0 bridgehead atoms. The standard InChI is InChI=1S/C19H22N4O/c1-12(2)11-20-19(24)21-18-16-8-7-15(10-17(16)22-23-18)14-6-4-5-13(3)9-14/h4-10,12H,11H2,1-3H3,(H3,20,21,22,23,24). The first-order valence-electron chi connectivity index (χ1n) is 8.13. The van der Waals surface area contributed by atoms with Crippen LogP contribution in [0.25, 0.3) is 22.0 Å². The zero-order valence-electron chi connectivity index (χ0n) is 14.2. The molecule has 0 radical (unpaired) electrons. The van der Waals surface area contributed by atoms with Crippen molar-refractivity contribution in [2.75, 3.05) is 11.9 Å². The van der Waals surface area contributed by atoms with E-state index in [1.165, 1.54) is 5.56 Å². The molecule has 0 aliphatic rings. The molecule has 0 atom stereocenters. The summed E-state index contributed by atoms with van der Waals surface area (Å²) in [6.07, 6.45) is 0. The number of fused-ring (bicyclic) bond motifs is 1. The normalized spacial score (nSPS) is 11.0. The fraction of sp³-hybridized carbons (Fsp3) is 0.263. The highest BCUT2D eigenvalue weighted by Gasteiger charge is 2.10. The molecule has 1 heterocycles. The molecule has 24 heavy (non-hydrogen) atoms. The van der Waals surface area contributed by atoms with E-state index >= 15 is 0 Å². The summed E-state index contributed by atoms with van der Waals surface area (Å²) in [5.41, 5.74) is 4.40. The Hall–Kier alpha value is -2.82.